The first-order chi connectivity index (χ1) is 8.61. The third-order valence-corrected chi connectivity index (χ3v) is 3.99. The molecule has 1 fully saturated rings. The predicted octanol–water partition coefficient (Wildman–Crippen LogP) is 2.94. The molecule has 2 heteroatoms. The molecule has 0 amide bonds. The number of rotatable bonds is 6. The van der Waals surface area contributed by atoms with Crippen LogP contribution < -0.4 is 5.32 Å². The quantitative estimate of drug-likeness (QED) is 0.780. The zero-order chi connectivity index (χ0) is 13.0. The first kappa shape index (κ1) is 13.6. The molecule has 0 bridgehead atoms. The van der Waals surface area contributed by atoms with Crippen molar-refractivity contribution in [3.8, 4) is 0 Å². The van der Waals surface area contributed by atoms with Gasteiger partial charge in [-0.15, -0.1) is 0 Å². The second-order valence-corrected chi connectivity index (χ2v) is 5.99. The van der Waals surface area contributed by atoms with Crippen LogP contribution >= 0.6 is 0 Å². The molecular formula is C16H25NO. The first-order valence-corrected chi connectivity index (χ1v) is 6.92. The number of hydrogen-bond acceptors (Lipinski definition) is 2. The van der Waals surface area contributed by atoms with Gasteiger partial charge in [-0.1, -0.05) is 36.8 Å². The lowest BCUT2D eigenvalue weighted by Crippen LogP contribution is -2.48. The van der Waals surface area contributed by atoms with Crippen molar-refractivity contribution < 1.29 is 4.74 Å². The Morgan fingerprint density at radius 1 is 1.28 bits per heavy atom. The van der Waals surface area contributed by atoms with Crippen LogP contribution in [0.25, 0.3) is 0 Å². The van der Waals surface area contributed by atoms with E-state index in [1.165, 1.54) is 24.0 Å². The Morgan fingerprint density at radius 2 is 1.94 bits per heavy atom. The minimum absolute atomic E-state index is 0.404. The van der Waals surface area contributed by atoms with E-state index in [4.69, 9.17) is 4.74 Å². The molecule has 0 saturated heterocycles. The van der Waals surface area contributed by atoms with E-state index in [1.807, 2.05) is 7.05 Å². The molecule has 1 aliphatic rings. The summed E-state index contributed by atoms with van der Waals surface area (Å²) in [5.74, 6) is 0. The van der Waals surface area contributed by atoms with Gasteiger partial charge < -0.3 is 10.1 Å². The molecule has 2 rings (SSSR count). The summed E-state index contributed by atoms with van der Waals surface area (Å²) in [6.07, 6.45) is 3.51. The van der Waals surface area contributed by atoms with Crippen molar-refractivity contribution in [3.05, 3.63) is 35.4 Å². The Morgan fingerprint density at radius 3 is 2.56 bits per heavy atom. The van der Waals surface area contributed by atoms with E-state index in [-0.39, 0.29) is 0 Å². The lowest BCUT2D eigenvalue weighted by atomic mass is 9.67. The molecule has 0 heterocycles. The maximum atomic E-state index is 5.84. The van der Waals surface area contributed by atoms with Gasteiger partial charge in [-0.25, -0.2) is 0 Å². The van der Waals surface area contributed by atoms with Crippen molar-refractivity contribution in [3.63, 3.8) is 0 Å². The summed E-state index contributed by atoms with van der Waals surface area (Å²) in [7, 11) is 2.04. The maximum absolute atomic E-state index is 5.84. The average molecular weight is 247 g/mol. The van der Waals surface area contributed by atoms with E-state index in [0.717, 1.165) is 19.6 Å². The highest BCUT2D eigenvalue weighted by atomic mass is 16.5. The van der Waals surface area contributed by atoms with Gasteiger partial charge in [0.15, 0.2) is 0 Å². The molecule has 0 atom stereocenters. The van der Waals surface area contributed by atoms with E-state index in [0.29, 0.717) is 11.5 Å². The highest BCUT2D eigenvalue weighted by molar-refractivity contribution is 5.21. The van der Waals surface area contributed by atoms with Gasteiger partial charge in [0.1, 0.15) is 0 Å². The number of nitrogens with one attached hydrogen (secondary N) is 1. The Balaban J connectivity index is 1.63. The molecule has 1 aromatic carbocycles. The second kappa shape index (κ2) is 5.85. The normalized spacial score (nSPS) is 26.9. The highest BCUT2D eigenvalue weighted by Crippen LogP contribution is 2.40. The van der Waals surface area contributed by atoms with Crippen LogP contribution in [0.15, 0.2) is 24.3 Å². The number of ether oxygens (including phenoxy) is 1. The summed E-state index contributed by atoms with van der Waals surface area (Å²) in [4.78, 5) is 0. The Bertz CT molecular complexity index is 365. The lowest BCUT2D eigenvalue weighted by Gasteiger charge is -2.45. The molecule has 2 nitrogen and oxygen atoms in total. The fourth-order valence-electron chi connectivity index (χ4n) is 2.72. The minimum Gasteiger partial charge on any atom is -0.381 e. The van der Waals surface area contributed by atoms with Gasteiger partial charge in [-0.05, 0) is 44.2 Å². The monoisotopic (exact) mass is 247 g/mol. The fraction of sp³-hybridized carbons (Fsp3) is 0.625. The molecule has 0 unspecified atom stereocenters. The highest BCUT2D eigenvalue weighted by Gasteiger charge is 2.39. The SMILES string of the molecule is CNC1CC(C)(COCCc2ccc(C)cc2)C1. The minimum atomic E-state index is 0.404. The number of benzene rings is 1. The predicted molar refractivity (Wildman–Crippen MR) is 75.9 cm³/mol. The summed E-state index contributed by atoms with van der Waals surface area (Å²) in [6, 6.07) is 9.43. The van der Waals surface area contributed by atoms with E-state index >= 15 is 0 Å². The van der Waals surface area contributed by atoms with Gasteiger partial charge in [0, 0.05) is 6.04 Å². The van der Waals surface area contributed by atoms with E-state index in [9.17, 15) is 0 Å². The van der Waals surface area contributed by atoms with Crippen LogP contribution in [0.5, 0.6) is 0 Å². The zero-order valence-electron chi connectivity index (χ0n) is 11.8. The molecule has 0 aromatic heterocycles. The van der Waals surface area contributed by atoms with Crippen LogP contribution in [0.2, 0.25) is 0 Å². The number of aryl methyl sites for hydroxylation is 1. The maximum Gasteiger partial charge on any atom is 0.0521 e. The topological polar surface area (TPSA) is 21.3 Å². The zero-order valence-corrected chi connectivity index (χ0v) is 11.8. The van der Waals surface area contributed by atoms with Crippen molar-refractivity contribution in [1.82, 2.24) is 5.32 Å². The molecule has 100 valence electrons. The summed E-state index contributed by atoms with van der Waals surface area (Å²) in [5, 5.41) is 3.32. The summed E-state index contributed by atoms with van der Waals surface area (Å²) in [5.41, 5.74) is 3.09. The first-order valence-electron chi connectivity index (χ1n) is 6.92. The summed E-state index contributed by atoms with van der Waals surface area (Å²) < 4.78 is 5.84. The van der Waals surface area contributed by atoms with Crippen LogP contribution in [0, 0.1) is 12.3 Å². The molecule has 1 aromatic rings. The van der Waals surface area contributed by atoms with Crippen LogP contribution in [-0.4, -0.2) is 26.3 Å². The van der Waals surface area contributed by atoms with Crippen molar-refractivity contribution >= 4 is 0 Å². The third kappa shape index (κ3) is 3.56. The van der Waals surface area contributed by atoms with Crippen LogP contribution in [-0.2, 0) is 11.2 Å². The van der Waals surface area contributed by atoms with E-state index < -0.39 is 0 Å². The Kier molecular flexibility index (Phi) is 4.41. The lowest BCUT2D eigenvalue weighted by molar-refractivity contribution is -0.00984. The van der Waals surface area contributed by atoms with Gasteiger partial charge in [-0.3, -0.25) is 0 Å². The molecule has 18 heavy (non-hydrogen) atoms. The van der Waals surface area contributed by atoms with Gasteiger partial charge in [0.2, 0.25) is 0 Å². The second-order valence-electron chi connectivity index (χ2n) is 5.99. The van der Waals surface area contributed by atoms with Crippen molar-refractivity contribution in [2.75, 3.05) is 20.3 Å². The standard InChI is InChI=1S/C16H25NO/c1-13-4-6-14(7-5-13)8-9-18-12-16(2)10-15(11-16)17-3/h4-7,15,17H,8-12H2,1-3H3. The largest absolute Gasteiger partial charge is 0.381 e. The van der Waals surface area contributed by atoms with Crippen molar-refractivity contribution in [1.29, 1.82) is 0 Å². The third-order valence-electron chi connectivity index (χ3n) is 3.99. The van der Waals surface area contributed by atoms with Crippen molar-refractivity contribution in [2.45, 2.75) is 39.2 Å². The van der Waals surface area contributed by atoms with Crippen LogP contribution in [0.3, 0.4) is 0 Å². The van der Waals surface area contributed by atoms with Gasteiger partial charge in [0.05, 0.1) is 13.2 Å². The van der Waals surface area contributed by atoms with Crippen molar-refractivity contribution in [2.24, 2.45) is 5.41 Å². The van der Waals surface area contributed by atoms with Gasteiger partial charge in [-0.2, -0.15) is 0 Å². The Hall–Kier alpha value is -0.860. The molecule has 1 N–H and O–H groups in total. The summed E-state index contributed by atoms with van der Waals surface area (Å²) in [6.45, 7) is 6.18. The molecule has 0 spiro atoms. The van der Waals surface area contributed by atoms with E-state index in [1.54, 1.807) is 0 Å². The molecule has 0 radical (unpaired) electrons. The van der Waals surface area contributed by atoms with E-state index in [2.05, 4.69) is 43.4 Å². The van der Waals surface area contributed by atoms with Crippen LogP contribution in [0.4, 0.5) is 0 Å². The van der Waals surface area contributed by atoms with Gasteiger partial charge in [0.25, 0.3) is 0 Å². The summed E-state index contributed by atoms with van der Waals surface area (Å²) >= 11 is 0. The Labute approximate surface area is 111 Å². The molecular weight excluding hydrogens is 222 g/mol. The fourth-order valence-corrected chi connectivity index (χ4v) is 2.72. The number of hydrogen-bond donors (Lipinski definition) is 1. The van der Waals surface area contributed by atoms with Gasteiger partial charge >= 0.3 is 0 Å². The van der Waals surface area contributed by atoms with Crippen LogP contribution in [0.1, 0.15) is 30.9 Å². The molecule has 0 aliphatic heterocycles. The smallest absolute Gasteiger partial charge is 0.0521 e. The molecule has 1 saturated carbocycles. The molecule has 1 aliphatic carbocycles. The average Bonchev–Trinajstić information content (AvgIpc) is 2.33.